The molecule has 118 valence electrons. The van der Waals surface area contributed by atoms with Crippen LogP contribution >= 0.6 is 0 Å². The zero-order valence-corrected chi connectivity index (χ0v) is 13.1. The van der Waals surface area contributed by atoms with Gasteiger partial charge in [-0.3, -0.25) is 4.39 Å². The molecular formula is C20H16FN3. The van der Waals surface area contributed by atoms with E-state index in [2.05, 4.69) is 22.5 Å². The Kier molecular flexibility index (Phi) is 3.35. The van der Waals surface area contributed by atoms with E-state index >= 15 is 0 Å². The Morgan fingerprint density at radius 3 is 2.79 bits per heavy atom. The molecule has 4 heteroatoms. The summed E-state index contributed by atoms with van der Waals surface area (Å²) in [5, 5.41) is 14.7. The molecule has 3 nitrogen and oxygen atoms in total. The van der Waals surface area contributed by atoms with Gasteiger partial charge in [0.25, 0.3) is 0 Å². The predicted octanol–water partition coefficient (Wildman–Crippen LogP) is 4.57. The lowest BCUT2D eigenvalue weighted by atomic mass is 9.95. The molecule has 0 bridgehead atoms. The van der Waals surface area contributed by atoms with Gasteiger partial charge in [0, 0.05) is 40.3 Å². The quantitative estimate of drug-likeness (QED) is 0.768. The van der Waals surface area contributed by atoms with Crippen molar-refractivity contribution in [3.63, 3.8) is 0 Å². The van der Waals surface area contributed by atoms with Crippen molar-refractivity contribution < 1.29 is 4.39 Å². The summed E-state index contributed by atoms with van der Waals surface area (Å²) in [5.74, 6) is 0. The van der Waals surface area contributed by atoms with E-state index in [0.29, 0.717) is 18.5 Å². The van der Waals surface area contributed by atoms with E-state index in [4.69, 9.17) is 0 Å². The van der Waals surface area contributed by atoms with Gasteiger partial charge in [-0.15, -0.1) is 0 Å². The smallest absolute Gasteiger partial charge is 0.0998 e. The maximum atomic E-state index is 12.8. The van der Waals surface area contributed by atoms with Gasteiger partial charge in [0.05, 0.1) is 23.8 Å². The van der Waals surface area contributed by atoms with Gasteiger partial charge in [0.15, 0.2) is 0 Å². The number of alkyl halides is 1. The Labute approximate surface area is 139 Å². The molecule has 0 radical (unpaired) electrons. The zero-order valence-electron chi connectivity index (χ0n) is 13.1. The SMILES string of the molecule is C=C1NC=Cc2c1ccc1c2c2c(C#N)cccc2n1CCCF. The number of halogens is 1. The Morgan fingerprint density at radius 1 is 1.17 bits per heavy atom. The summed E-state index contributed by atoms with van der Waals surface area (Å²) in [5.41, 5.74) is 5.57. The highest BCUT2D eigenvalue weighted by Crippen LogP contribution is 2.38. The molecule has 1 aromatic heterocycles. The second-order valence-electron chi connectivity index (χ2n) is 5.88. The summed E-state index contributed by atoms with van der Waals surface area (Å²) in [7, 11) is 0. The summed E-state index contributed by atoms with van der Waals surface area (Å²) in [6.07, 6.45) is 4.33. The first-order valence-corrected chi connectivity index (χ1v) is 7.92. The molecule has 0 aliphatic carbocycles. The van der Waals surface area contributed by atoms with Crippen LogP contribution in [-0.4, -0.2) is 11.2 Å². The molecule has 2 heterocycles. The molecule has 3 aromatic rings. The maximum Gasteiger partial charge on any atom is 0.0998 e. The first kappa shape index (κ1) is 14.5. The summed E-state index contributed by atoms with van der Waals surface area (Å²) in [6.45, 7) is 4.29. The highest BCUT2D eigenvalue weighted by atomic mass is 19.1. The number of fused-ring (bicyclic) bond motifs is 5. The number of hydrogen-bond donors (Lipinski definition) is 1. The summed E-state index contributed by atoms with van der Waals surface area (Å²) in [6, 6.07) is 12.1. The number of aromatic nitrogens is 1. The largest absolute Gasteiger partial charge is 0.362 e. The Morgan fingerprint density at radius 2 is 2.00 bits per heavy atom. The number of benzene rings is 2. The molecule has 24 heavy (non-hydrogen) atoms. The van der Waals surface area contributed by atoms with Gasteiger partial charge in [-0.1, -0.05) is 18.7 Å². The van der Waals surface area contributed by atoms with Crippen LogP contribution in [0.3, 0.4) is 0 Å². The highest BCUT2D eigenvalue weighted by molar-refractivity contribution is 6.15. The van der Waals surface area contributed by atoms with Gasteiger partial charge in [-0.25, -0.2) is 0 Å². The molecule has 0 atom stereocenters. The van der Waals surface area contributed by atoms with Gasteiger partial charge in [-0.2, -0.15) is 5.26 Å². The van der Waals surface area contributed by atoms with E-state index in [0.717, 1.165) is 38.6 Å². The molecule has 1 aliphatic heterocycles. The normalized spacial score (nSPS) is 13.1. The molecule has 0 saturated carbocycles. The Balaban J connectivity index is 2.19. The molecule has 1 aliphatic rings. The van der Waals surface area contributed by atoms with Crippen molar-refractivity contribution in [2.45, 2.75) is 13.0 Å². The first-order chi connectivity index (χ1) is 11.8. The van der Waals surface area contributed by atoms with Crippen LogP contribution in [0.25, 0.3) is 33.6 Å². The number of nitrogens with zero attached hydrogens (tertiary/aromatic N) is 2. The standard InChI is InChI=1S/C20H16FN3/c1-13-15-6-7-18-20(16(15)8-10-23-13)19-14(12-22)4-2-5-17(19)24(18)11-3-9-21/h2,4-8,10,23H,1,3,9,11H2. The number of nitrogens with one attached hydrogen (secondary N) is 1. The van der Waals surface area contributed by atoms with Crippen LogP contribution in [0.2, 0.25) is 0 Å². The molecule has 0 spiro atoms. The van der Waals surface area contributed by atoms with E-state index in [9.17, 15) is 9.65 Å². The van der Waals surface area contributed by atoms with E-state index in [1.54, 1.807) is 0 Å². The van der Waals surface area contributed by atoms with Crippen molar-refractivity contribution in [1.82, 2.24) is 9.88 Å². The van der Waals surface area contributed by atoms with Gasteiger partial charge < -0.3 is 9.88 Å². The number of rotatable bonds is 3. The molecule has 0 fully saturated rings. The first-order valence-electron chi connectivity index (χ1n) is 7.92. The molecular weight excluding hydrogens is 301 g/mol. The third-order valence-corrected chi connectivity index (χ3v) is 4.57. The van der Waals surface area contributed by atoms with Crippen LogP contribution in [0.15, 0.2) is 43.1 Å². The summed E-state index contributed by atoms with van der Waals surface area (Å²) < 4.78 is 14.9. The van der Waals surface area contributed by atoms with Crippen LogP contribution in [0, 0.1) is 11.3 Å². The van der Waals surface area contributed by atoms with Crippen LogP contribution in [0.1, 0.15) is 23.1 Å². The number of nitriles is 1. The number of hydrogen-bond acceptors (Lipinski definition) is 2. The van der Waals surface area contributed by atoms with Crippen molar-refractivity contribution in [3.05, 3.63) is 59.8 Å². The topological polar surface area (TPSA) is 40.8 Å². The maximum absolute atomic E-state index is 12.8. The van der Waals surface area contributed by atoms with Crippen LogP contribution < -0.4 is 5.32 Å². The average molecular weight is 317 g/mol. The third-order valence-electron chi connectivity index (χ3n) is 4.57. The summed E-state index contributed by atoms with van der Waals surface area (Å²) >= 11 is 0. The molecule has 0 unspecified atom stereocenters. The van der Waals surface area contributed by atoms with E-state index < -0.39 is 0 Å². The monoisotopic (exact) mass is 317 g/mol. The van der Waals surface area contributed by atoms with E-state index in [-0.39, 0.29) is 6.67 Å². The molecule has 0 amide bonds. The van der Waals surface area contributed by atoms with Crippen LogP contribution in [-0.2, 0) is 6.54 Å². The molecule has 1 N–H and O–H groups in total. The second-order valence-corrected chi connectivity index (χ2v) is 5.88. The second kappa shape index (κ2) is 5.54. The van der Waals surface area contributed by atoms with E-state index in [1.165, 1.54) is 0 Å². The molecule has 4 rings (SSSR count). The third kappa shape index (κ3) is 1.95. The van der Waals surface area contributed by atoms with Gasteiger partial charge in [0.1, 0.15) is 0 Å². The highest BCUT2D eigenvalue weighted by Gasteiger charge is 2.19. The van der Waals surface area contributed by atoms with Crippen molar-refractivity contribution in [3.8, 4) is 6.07 Å². The lowest BCUT2D eigenvalue weighted by Crippen LogP contribution is -2.08. The fourth-order valence-corrected chi connectivity index (χ4v) is 3.54. The lowest BCUT2D eigenvalue weighted by Gasteiger charge is -2.16. The molecule has 2 aromatic carbocycles. The Bertz CT molecular complexity index is 1050. The minimum atomic E-state index is -0.356. The fraction of sp³-hybridized carbons (Fsp3) is 0.150. The van der Waals surface area contributed by atoms with Crippen molar-refractivity contribution in [1.29, 1.82) is 5.26 Å². The van der Waals surface area contributed by atoms with Gasteiger partial charge in [0.2, 0.25) is 0 Å². The van der Waals surface area contributed by atoms with Crippen molar-refractivity contribution in [2.75, 3.05) is 6.67 Å². The van der Waals surface area contributed by atoms with Gasteiger partial charge >= 0.3 is 0 Å². The summed E-state index contributed by atoms with van der Waals surface area (Å²) in [4.78, 5) is 0. The van der Waals surface area contributed by atoms with Crippen molar-refractivity contribution >= 4 is 33.6 Å². The predicted molar refractivity (Wildman–Crippen MR) is 96.0 cm³/mol. The van der Waals surface area contributed by atoms with E-state index in [1.807, 2.05) is 42.6 Å². The Hall–Kier alpha value is -3.06. The van der Waals surface area contributed by atoms with Gasteiger partial charge in [-0.05, 0) is 36.3 Å². The number of aryl methyl sites for hydroxylation is 1. The van der Waals surface area contributed by atoms with Crippen LogP contribution in [0.5, 0.6) is 0 Å². The minimum absolute atomic E-state index is 0.356. The lowest BCUT2D eigenvalue weighted by molar-refractivity contribution is 0.452. The van der Waals surface area contributed by atoms with Crippen LogP contribution in [0.4, 0.5) is 4.39 Å². The van der Waals surface area contributed by atoms with Crippen molar-refractivity contribution in [2.24, 2.45) is 0 Å². The minimum Gasteiger partial charge on any atom is -0.362 e. The average Bonchev–Trinajstić information content (AvgIpc) is 2.94. The molecule has 0 saturated heterocycles. The zero-order chi connectivity index (χ0) is 16.7. The fourth-order valence-electron chi connectivity index (χ4n) is 3.54.